The van der Waals surface area contributed by atoms with Crippen molar-refractivity contribution in [1.29, 1.82) is 0 Å². The van der Waals surface area contributed by atoms with Gasteiger partial charge in [-0.3, -0.25) is 4.79 Å². The second-order valence-electron chi connectivity index (χ2n) is 5.19. The summed E-state index contributed by atoms with van der Waals surface area (Å²) < 4.78 is 26.1. The summed E-state index contributed by atoms with van der Waals surface area (Å²) in [6, 6.07) is 0. The Labute approximate surface area is 118 Å². The fourth-order valence-electron chi connectivity index (χ4n) is 2.78. The molecule has 1 aliphatic rings. The molecular formula is C12H19N3O4S. The molecule has 1 aromatic rings. The van der Waals surface area contributed by atoms with E-state index in [1.165, 1.54) is 16.8 Å². The maximum Gasteiger partial charge on any atom is 0.310 e. The zero-order valence-electron chi connectivity index (χ0n) is 11.4. The van der Waals surface area contributed by atoms with E-state index in [0.717, 1.165) is 0 Å². The lowest BCUT2D eigenvalue weighted by Crippen LogP contribution is -2.49. The van der Waals surface area contributed by atoms with Crippen LogP contribution >= 0.6 is 0 Å². The number of aromatic amines is 1. The smallest absolute Gasteiger partial charge is 0.310 e. The molecule has 0 radical (unpaired) electrons. The Bertz CT molecular complexity index is 566. The maximum atomic E-state index is 12.4. The highest BCUT2D eigenvalue weighted by molar-refractivity contribution is 7.89. The molecule has 1 fully saturated rings. The van der Waals surface area contributed by atoms with Crippen LogP contribution in [0.1, 0.15) is 32.6 Å². The van der Waals surface area contributed by atoms with E-state index in [1.54, 1.807) is 0 Å². The third-order valence-corrected chi connectivity index (χ3v) is 5.59. The number of H-pyrrole nitrogens is 1. The van der Waals surface area contributed by atoms with E-state index in [9.17, 15) is 18.3 Å². The van der Waals surface area contributed by atoms with Crippen molar-refractivity contribution in [3.8, 4) is 0 Å². The van der Waals surface area contributed by atoms with Gasteiger partial charge in [-0.15, -0.1) is 0 Å². The molecule has 1 aliphatic heterocycles. The average Bonchev–Trinajstić information content (AvgIpc) is 2.93. The van der Waals surface area contributed by atoms with Crippen molar-refractivity contribution in [3.63, 3.8) is 0 Å². The summed E-state index contributed by atoms with van der Waals surface area (Å²) in [6.45, 7) is 2.28. The van der Waals surface area contributed by atoms with Gasteiger partial charge in [0.25, 0.3) is 10.0 Å². The number of sulfonamides is 1. The number of imidazole rings is 1. The number of carboxylic acid groups (broad SMARTS) is 1. The van der Waals surface area contributed by atoms with Gasteiger partial charge in [-0.25, -0.2) is 13.4 Å². The monoisotopic (exact) mass is 301 g/mol. The topological polar surface area (TPSA) is 103 Å². The molecule has 0 spiro atoms. The Morgan fingerprint density at radius 1 is 1.60 bits per heavy atom. The summed E-state index contributed by atoms with van der Waals surface area (Å²) >= 11 is 0. The molecule has 7 nitrogen and oxygen atoms in total. The average molecular weight is 301 g/mol. The molecule has 0 aliphatic carbocycles. The minimum Gasteiger partial charge on any atom is -0.481 e. The molecule has 112 valence electrons. The molecule has 1 saturated heterocycles. The van der Waals surface area contributed by atoms with E-state index in [1.807, 2.05) is 6.92 Å². The molecule has 1 aromatic heterocycles. The molecule has 1 unspecified atom stereocenters. The van der Waals surface area contributed by atoms with Crippen LogP contribution in [0.15, 0.2) is 17.6 Å². The zero-order chi connectivity index (χ0) is 14.8. The van der Waals surface area contributed by atoms with Gasteiger partial charge in [-0.1, -0.05) is 13.3 Å². The number of hydrogen-bond acceptors (Lipinski definition) is 4. The van der Waals surface area contributed by atoms with Crippen molar-refractivity contribution < 1.29 is 18.3 Å². The van der Waals surface area contributed by atoms with Crippen LogP contribution in [0.3, 0.4) is 0 Å². The third kappa shape index (κ3) is 2.57. The molecule has 0 saturated carbocycles. The van der Waals surface area contributed by atoms with Crippen LogP contribution in [-0.2, 0) is 14.8 Å². The lowest BCUT2D eigenvalue weighted by atomic mass is 9.77. The number of nitrogens with zero attached hydrogens (tertiary/aromatic N) is 2. The van der Waals surface area contributed by atoms with Gasteiger partial charge in [0, 0.05) is 13.1 Å². The summed E-state index contributed by atoms with van der Waals surface area (Å²) in [4.78, 5) is 17.9. The lowest BCUT2D eigenvalue weighted by Gasteiger charge is -2.38. The van der Waals surface area contributed by atoms with Gasteiger partial charge >= 0.3 is 5.97 Å². The van der Waals surface area contributed by atoms with Crippen molar-refractivity contribution in [1.82, 2.24) is 14.3 Å². The Hall–Kier alpha value is -1.41. The van der Waals surface area contributed by atoms with Crippen molar-refractivity contribution in [2.24, 2.45) is 5.41 Å². The van der Waals surface area contributed by atoms with Gasteiger partial charge in [0.1, 0.15) is 0 Å². The van der Waals surface area contributed by atoms with Crippen LogP contribution < -0.4 is 0 Å². The summed E-state index contributed by atoms with van der Waals surface area (Å²) in [6.07, 6.45) is 4.81. The molecule has 2 heterocycles. The largest absolute Gasteiger partial charge is 0.481 e. The van der Waals surface area contributed by atoms with Crippen LogP contribution in [-0.4, -0.2) is 46.9 Å². The molecule has 0 amide bonds. The molecule has 2 rings (SSSR count). The Morgan fingerprint density at radius 2 is 2.35 bits per heavy atom. The van der Waals surface area contributed by atoms with E-state index >= 15 is 0 Å². The molecule has 2 N–H and O–H groups in total. The van der Waals surface area contributed by atoms with Crippen LogP contribution in [0.5, 0.6) is 0 Å². The number of nitrogens with one attached hydrogen (secondary N) is 1. The zero-order valence-corrected chi connectivity index (χ0v) is 12.2. The minimum absolute atomic E-state index is 0.00943. The van der Waals surface area contributed by atoms with E-state index in [2.05, 4.69) is 9.97 Å². The molecule has 8 heteroatoms. The normalized spacial score (nSPS) is 24.6. The van der Waals surface area contributed by atoms with Crippen molar-refractivity contribution in [2.45, 2.75) is 37.6 Å². The highest BCUT2D eigenvalue weighted by Crippen LogP contribution is 2.36. The van der Waals surface area contributed by atoms with Crippen LogP contribution in [0.25, 0.3) is 0 Å². The second-order valence-corrected chi connectivity index (χ2v) is 7.10. The van der Waals surface area contributed by atoms with Gasteiger partial charge in [0.2, 0.25) is 0 Å². The Balaban J connectivity index is 2.28. The number of hydrogen-bond donors (Lipinski definition) is 2. The summed E-state index contributed by atoms with van der Waals surface area (Å²) in [5.41, 5.74) is -0.972. The fourth-order valence-corrected chi connectivity index (χ4v) is 4.24. The first kappa shape index (κ1) is 15.0. The van der Waals surface area contributed by atoms with Crippen LogP contribution in [0.4, 0.5) is 0 Å². The number of aliphatic carboxylic acids is 1. The Morgan fingerprint density at radius 3 is 2.90 bits per heavy atom. The van der Waals surface area contributed by atoms with Gasteiger partial charge in [-0.2, -0.15) is 4.31 Å². The van der Waals surface area contributed by atoms with Crippen LogP contribution in [0.2, 0.25) is 0 Å². The highest BCUT2D eigenvalue weighted by Gasteiger charge is 2.45. The summed E-state index contributed by atoms with van der Waals surface area (Å²) in [5, 5.41) is 9.50. The Kier molecular flexibility index (Phi) is 4.14. The fraction of sp³-hybridized carbons (Fsp3) is 0.667. The molecular weight excluding hydrogens is 282 g/mol. The molecule has 0 bridgehead atoms. The number of carboxylic acids is 1. The van der Waals surface area contributed by atoms with Gasteiger partial charge < -0.3 is 10.1 Å². The predicted molar refractivity (Wildman–Crippen MR) is 71.6 cm³/mol. The first-order chi connectivity index (χ1) is 9.42. The van der Waals surface area contributed by atoms with E-state index < -0.39 is 21.4 Å². The quantitative estimate of drug-likeness (QED) is 0.846. The van der Waals surface area contributed by atoms with Crippen LogP contribution in [0, 0.1) is 5.41 Å². The number of rotatable bonds is 5. The molecule has 1 atom stereocenters. The van der Waals surface area contributed by atoms with Gasteiger partial charge in [0.05, 0.1) is 17.9 Å². The molecule has 20 heavy (non-hydrogen) atoms. The first-order valence-electron chi connectivity index (χ1n) is 6.64. The highest BCUT2D eigenvalue weighted by atomic mass is 32.2. The standard InChI is InChI=1S/C12H19N3O4S/c1-2-4-12(11(16)17)5-3-6-15(8-12)20(18,19)10-7-13-9-14-10/h7,9H,2-6,8H2,1H3,(H,13,14)(H,16,17). The van der Waals surface area contributed by atoms with Gasteiger partial charge in [-0.05, 0) is 19.3 Å². The number of aromatic nitrogens is 2. The molecule has 0 aromatic carbocycles. The second kappa shape index (κ2) is 5.53. The predicted octanol–water partition coefficient (Wildman–Crippen LogP) is 1.07. The van der Waals surface area contributed by atoms with Crippen molar-refractivity contribution >= 4 is 16.0 Å². The van der Waals surface area contributed by atoms with E-state index in [-0.39, 0.29) is 11.6 Å². The maximum absolute atomic E-state index is 12.4. The van der Waals surface area contributed by atoms with Crippen molar-refractivity contribution in [3.05, 3.63) is 12.5 Å². The minimum atomic E-state index is -3.69. The van der Waals surface area contributed by atoms with E-state index in [4.69, 9.17) is 0 Å². The SMILES string of the molecule is CCCC1(C(=O)O)CCCN(S(=O)(=O)c2cnc[nH]2)C1. The summed E-state index contributed by atoms with van der Waals surface area (Å²) in [5.74, 6) is -0.913. The number of piperidine rings is 1. The lowest BCUT2D eigenvalue weighted by molar-refractivity contribution is -0.151. The third-order valence-electron chi connectivity index (χ3n) is 3.82. The number of carbonyl (C=O) groups is 1. The van der Waals surface area contributed by atoms with Gasteiger partial charge in [0.15, 0.2) is 5.03 Å². The van der Waals surface area contributed by atoms with Crippen molar-refractivity contribution in [2.75, 3.05) is 13.1 Å². The summed E-state index contributed by atoms with van der Waals surface area (Å²) in [7, 11) is -3.69. The first-order valence-corrected chi connectivity index (χ1v) is 8.08. The van der Waals surface area contributed by atoms with E-state index in [0.29, 0.717) is 32.2 Å².